The molecule has 0 aliphatic carbocycles. The third-order valence-corrected chi connectivity index (χ3v) is 3.59. The van der Waals surface area contributed by atoms with Gasteiger partial charge in [-0.15, -0.1) is 0 Å². The average Bonchev–Trinajstić information content (AvgIpc) is 2.68. The zero-order valence-corrected chi connectivity index (χ0v) is 14.2. The van der Waals surface area contributed by atoms with E-state index in [0.29, 0.717) is 5.56 Å². The van der Waals surface area contributed by atoms with Crippen molar-refractivity contribution < 1.29 is 24.1 Å². The molecule has 1 N–H and O–H groups in total. The molecule has 8 heteroatoms. The van der Waals surface area contributed by atoms with Crippen LogP contribution in [0.4, 0.5) is 0 Å². The number of benzene rings is 2. The van der Waals surface area contributed by atoms with Crippen LogP contribution in [-0.2, 0) is 0 Å². The molecule has 0 radical (unpaired) electrons. The number of hydrogen-bond donors (Lipinski definition) is 1. The van der Waals surface area contributed by atoms with Crippen LogP contribution in [0.2, 0.25) is 0 Å². The summed E-state index contributed by atoms with van der Waals surface area (Å²) in [6.45, 7) is 0. The molecule has 0 spiro atoms. The SMILES string of the molecule is COc1cc(Oc2cccc(-c3ccccc3)c2C(=O)O)nc(OC)n1.[NaH]. The molecule has 2 aromatic carbocycles. The maximum atomic E-state index is 11.9. The van der Waals surface area contributed by atoms with Gasteiger partial charge in [-0.05, 0) is 17.2 Å². The third kappa shape index (κ3) is 4.77. The molecule has 7 nitrogen and oxygen atoms in total. The fourth-order valence-corrected chi connectivity index (χ4v) is 2.44. The number of carboxylic acid groups (broad SMARTS) is 1. The molecule has 0 unspecified atom stereocenters. The first-order valence-electron chi connectivity index (χ1n) is 7.69. The quantitative estimate of drug-likeness (QED) is 0.661. The number of methoxy groups -OCH3 is 2. The van der Waals surface area contributed by atoms with Crippen LogP contribution in [0.25, 0.3) is 11.1 Å². The molecular weight excluding hydrogens is 359 g/mol. The molecule has 1 aromatic heterocycles. The van der Waals surface area contributed by atoms with E-state index in [9.17, 15) is 9.90 Å². The second-order valence-corrected chi connectivity index (χ2v) is 5.19. The molecule has 0 bridgehead atoms. The summed E-state index contributed by atoms with van der Waals surface area (Å²) in [7, 11) is 2.86. The van der Waals surface area contributed by atoms with Crippen molar-refractivity contribution in [3.05, 3.63) is 60.2 Å². The Morgan fingerprint density at radius 3 is 2.26 bits per heavy atom. The van der Waals surface area contributed by atoms with Crippen LogP contribution in [0, 0.1) is 0 Å². The normalized spacial score (nSPS) is 9.85. The van der Waals surface area contributed by atoms with E-state index in [1.807, 2.05) is 30.3 Å². The number of nitrogens with zero attached hydrogens (tertiary/aromatic N) is 2. The Bertz CT molecular complexity index is 912. The van der Waals surface area contributed by atoms with Crippen LogP contribution in [0.5, 0.6) is 23.5 Å². The predicted molar refractivity (Wildman–Crippen MR) is 101 cm³/mol. The number of rotatable bonds is 6. The van der Waals surface area contributed by atoms with Crippen LogP contribution in [0.15, 0.2) is 54.6 Å². The predicted octanol–water partition coefficient (Wildman–Crippen LogP) is 3.00. The van der Waals surface area contributed by atoms with E-state index in [0.717, 1.165) is 5.56 Å². The van der Waals surface area contributed by atoms with E-state index < -0.39 is 5.97 Å². The van der Waals surface area contributed by atoms with E-state index in [1.165, 1.54) is 20.3 Å². The Kier molecular flexibility index (Phi) is 7.18. The van der Waals surface area contributed by atoms with Crippen molar-refractivity contribution in [2.45, 2.75) is 0 Å². The van der Waals surface area contributed by atoms with Crippen LogP contribution in [-0.4, -0.2) is 64.8 Å². The first-order chi connectivity index (χ1) is 12.6. The molecule has 1 heterocycles. The van der Waals surface area contributed by atoms with E-state index >= 15 is 0 Å². The van der Waals surface area contributed by atoms with Gasteiger partial charge in [0.1, 0.15) is 11.3 Å². The summed E-state index contributed by atoms with van der Waals surface area (Å²) in [5.41, 5.74) is 1.35. The third-order valence-electron chi connectivity index (χ3n) is 3.59. The van der Waals surface area contributed by atoms with Gasteiger partial charge in [-0.1, -0.05) is 42.5 Å². The summed E-state index contributed by atoms with van der Waals surface area (Å²) >= 11 is 0. The minimum absolute atomic E-state index is 0. The summed E-state index contributed by atoms with van der Waals surface area (Å²) in [6, 6.07) is 15.7. The summed E-state index contributed by atoms with van der Waals surface area (Å²) in [4.78, 5) is 19.9. The molecular formula is C19H17N2NaO5. The van der Waals surface area contributed by atoms with Gasteiger partial charge in [0.05, 0.1) is 20.3 Å². The van der Waals surface area contributed by atoms with Crippen molar-refractivity contribution in [1.29, 1.82) is 0 Å². The molecule has 0 aliphatic rings. The molecule has 0 saturated heterocycles. The topological polar surface area (TPSA) is 90.8 Å². The van der Waals surface area contributed by atoms with E-state index in [-0.39, 0.29) is 58.6 Å². The fraction of sp³-hybridized carbons (Fsp3) is 0.105. The van der Waals surface area contributed by atoms with Gasteiger partial charge in [-0.25, -0.2) is 4.79 Å². The van der Waals surface area contributed by atoms with Gasteiger partial charge in [-0.3, -0.25) is 0 Å². The molecule has 27 heavy (non-hydrogen) atoms. The van der Waals surface area contributed by atoms with Crippen molar-refractivity contribution >= 4 is 35.5 Å². The Morgan fingerprint density at radius 1 is 0.926 bits per heavy atom. The fourth-order valence-electron chi connectivity index (χ4n) is 2.44. The average molecular weight is 376 g/mol. The zero-order chi connectivity index (χ0) is 18.5. The Morgan fingerprint density at radius 2 is 1.63 bits per heavy atom. The minimum atomic E-state index is -1.10. The number of aromatic nitrogens is 2. The van der Waals surface area contributed by atoms with Gasteiger partial charge >= 0.3 is 41.5 Å². The summed E-state index contributed by atoms with van der Waals surface area (Å²) < 4.78 is 15.8. The second-order valence-electron chi connectivity index (χ2n) is 5.19. The van der Waals surface area contributed by atoms with Gasteiger partial charge in [0.25, 0.3) is 0 Å². The zero-order valence-electron chi connectivity index (χ0n) is 14.2. The van der Waals surface area contributed by atoms with Crippen LogP contribution in [0.3, 0.4) is 0 Å². The maximum absolute atomic E-state index is 11.9. The Labute approximate surface area is 178 Å². The summed E-state index contributed by atoms with van der Waals surface area (Å²) in [5, 5.41) is 9.73. The number of ether oxygens (including phenoxy) is 3. The Hall–Kier alpha value is -2.61. The number of aromatic carboxylic acids is 1. The first kappa shape index (κ1) is 20.7. The van der Waals surface area contributed by atoms with E-state index in [4.69, 9.17) is 14.2 Å². The molecule has 0 amide bonds. The van der Waals surface area contributed by atoms with E-state index in [1.54, 1.807) is 18.2 Å². The molecule has 0 aliphatic heterocycles. The standard InChI is InChI=1S/C19H16N2O5.Na.H/c1-24-15-11-16(21-19(20-15)25-2)26-14-10-6-9-13(17(14)18(22)23)12-7-4-3-5-8-12;;/h3-11H,1-2H3,(H,22,23);;. The summed E-state index contributed by atoms with van der Waals surface area (Å²) in [5.74, 6) is -0.599. The van der Waals surface area contributed by atoms with Crippen molar-refractivity contribution in [3.63, 3.8) is 0 Å². The van der Waals surface area contributed by atoms with Crippen molar-refractivity contribution in [2.24, 2.45) is 0 Å². The van der Waals surface area contributed by atoms with Gasteiger partial charge in [0.2, 0.25) is 11.8 Å². The van der Waals surface area contributed by atoms with Gasteiger partial charge in [-0.2, -0.15) is 9.97 Å². The van der Waals surface area contributed by atoms with Gasteiger partial charge in [0.15, 0.2) is 0 Å². The molecule has 0 atom stereocenters. The van der Waals surface area contributed by atoms with Crippen molar-refractivity contribution in [1.82, 2.24) is 9.97 Å². The second kappa shape index (κ2) is 9.36. The van der Waals surface area contributed by atoms with Crippen LogP contribution < -0.4 is 14.2 Å². The molecule has 3 rings (SSSR count). The van der Waals surface area contributed by atoms with Crippen LogP contribution >= 0.6 is 0 Å². The number of hydrogen-bond acceptors (Lipinski definition) is 6. The molecule has 3 aromatic rings. The number of carbonyl (C=O) groups is 1. The van der Waals surface area contributed by atoms with Crippen molar-refractivity contribution in [2.75, 3.05) is 14.2 Å². The molecule has 0 saturated carbocycles. The molecule has 134 valence electrons. The number of carboxylic acids is 1. The summed E-state index contributed by atoms with van der Waals surface area (Å²) in [6.07, 6.45) is 0. The Balaban J connectivity index is 0.00000261. The first-order valence-corrected chi connectivity index (χ1v) is 7.69. The van der Waals surface area contributed by atoms with Gasteiger partial charge < -0.3 is 19.3 Å². The monoisotopic (exact) mass is 376 g/mol. The van der Waals surface area contributed by atoms with E-state index in [2.05, 4.69) is 9.97 Å². The molecule has 0 fully saturated rings. The van der Waals surface area contributed by atoms with Gasteiger partial charge in [0, 0.05) is 0 Å². The van der Waals surface area contributed by atoms with Crippen LogP contribution in [0.1, 0.15) is 10.4 Å². The van der Waals surface area contributed by atoms with Crippen molar-refractivity contribution in [3.8, 4) is 34.6 Å².